The van der Waals surface area contributed by atoms with Crippen molar-refractivity contribution < 1.29 is 9.53 Å². The maximum atomic E-state index is 10.0. The molecule has 1 aliphatic heterocycles. The lowest BCUT2D eigenvalue weighted by molar-refractivity contribution is -0.158. The van der Waals surface area contributed by atoms with Gasteiger partial charge < -0.3 is 4.74 Å². The first-order valence-corrected chi connectivity index (χ1v) is 2.08. The van der Waals surface area contributed by atoms with Gasteiger partial charge in [-0.2, -0.15) is 0 Å². The number of esters is 1. The number of ether oxygens (including phenoxy) is 1. The van der Waals surface area contributed by atoms with E-state index in [1.165, 1.54) is 0 Å². The van der Waals surface area contributed by atoms with E-state index < -0.39 is 0 Å². The Morgan fingerprint density at radius 1 is 1.83 bits per heavy atom. The Morgan fingerprint density at radius 3 is 2.67 bits per heavy atom. The molecule has 1 aliphatic carbocycles. The molecule has 1 saturated carbocycles. The van der Waals surface area contributed by atoms with Gasteiger partial charge >= 0.3 is 5.97 Å². The van der Waals surface area contributed by atoms with E-state index in [-0.39, 0.29) is 5.97 Å². The van der Waals surface area contributed by atoms with Crippen LogP contribution >= 0.6 is 0 Å². The molecule has 0 N–H and O–H groups in total. The molecule has 32 valence electrons. The summed E-state index contributed by atoms with van der Waals surface area (Å²) in [6.45, 7) is 0. The molecule has 1 heterocycles. The molecule has 2 aliphatic rings. The van der Waals surface area contributed by atoms with Crippen LogP contribution in [0.4, 0.5) is 0 Å². The zero-order chi connectivity index (χ0) is 4.15. The lowest BCUT2D eigenvalue weighted by Crippen LogP contribution is -2.21. The Hall–Kier alpha value is -0.530. The average molecular weight is 84.1 g/mol. The van der Waals surface area contributed by atoms with Crippen LogP contribution in [0.5, 0.6) is 0 Å². The predicted molar refractivity (Wildman–Crippen MR) is 18.0 cm³/mol. The monoisotopic (exact) mass is 84.0 g/mol. The number of carbonyl (C=O) groups is 1. The Bertz CT molecular complexity index is 108. The van der Waals surface area contributed by atoms with Crippen molar-refractivity contribution in [2.45, 2.75) is 12.5 Å². The second-order valence-corrected chi connectivity index (χ2v) is 1.82. The smallest absolute Gasteiger partial charge is 0.313 e. The van der Waals surface area contributed by atoms with Crippen molar-refractivity contribution in [1.29, 1.82) is 0 Å². The summed E-state index contributed by atoms with van der Waals surface area (Å²) in [5, 5.41) is 0. The van der Waals surface area contributed by atoms with E-state index in [0.29, 0.717) is 12.0 Å². The quantitative estimate of drug-likeness (QED) is 0.384. The van der Waals surface area contributed by atoms with Gasteiger partial charge in [0.15, 0.2) is 0 Å². The van der Waals surface area contributed by atoms with Crippen LogP contribution in [0.3, 0.4) is 0 Å². The SMILES string of the molecule is O=C1OC2CC12. The Kier molecular flexibility index (Phi) is 0.214. The van der Waals surface area contributed by atoms with Crippen molar-refractivity contribution >= 4 is 5.97 Å². The molecular weight excluding hydrogens is 80.0 g/mol. The number of hydrogen-bond donors (Lipinski definition) is 0. The highest BCUT2D eigenvalue weighted by atomic mass is 16.6. The number of rotatable bonds is 0. The van der Waals surface area contributed by atoms with Crippen molar-refractivity contribution in [3.8, 4) is 0 Å². The maximum absolute atomic E-state index is 10.0. The fourth-order valence-electron chi connectivity index (χ4n) is 0.714. The zero-order valence-electron chi connectivity index (χ0n) is 3.18. The van der Waals surface area contributed by atoms with Crippen LogP contribution in [0.25, 0.3) is 0 Å². The Balaban J connectivity index is 2.26. The largest absolute Gasteiger partial charge is 0.461 e. The predicted octanol–water partition coefficient (Wildman–Crippen LogP) is -0.0683. The highest BCUT2D eigenvalue weighted by Gasteiger charge is 2.56. The van der Waals surface area contributed by atoms with Crippen molar-refractivity contribution in [2.75, 3.05) is 0 Å². The van der Waals surface area contributed by atoms with Gasteiger partial charge in [0.1, 0.15) is 6.10 Å². The molecule has 2 heteroatoms. The lowest BCUT2D eigenvalue weighted by atomic mass is 10.4. The van der Waals surface area contributed by atoms with Crippen LogP contribution in [-0.4, -0.2) is 12.1 Å². The third-order valence-corrected chi connectivity index (χ3v) is 1.30. The molecule has 0 aromatic heterocycles. The first-order valence-electron chi connectivity index (χ1n) is 2.08. The van der Waals surface area contributed by atoms with Crippen molar-refractivity contribution in [1.82, 2.24) is 0 Å². The van der Waals surface area contributed by atoms with Gasteiger partial charge in [0.2, 0.25) is 0 Å². The van der Waals surface area contributed by atoms with Crippen LogP contribution in [0.1, 0.15) is 6.42 Å². The molecule has 1 saturated heterocycles. The minimum atomic E-state index is 0.0139. The van der Waals surface area contributed by atoms with Gasteiger partial charge in [-0.3, -0.25) is 4.79 Å². The van der Waals surface area contributed by atoms with Gasteiger partial charge in [-0.05, 0) is 0 Å². The van der Waals surface area contributed by atoms with Crippen molar-refractivity contribution in [3.63, 3.8) is 0 Å². The molecule has 2 fully saturated rings. The van der Waals surface area contributed by atoms with E-state index in [0.717, 1.165) is 6.42 Å². The highest BCUT2D eigenvalue weighted by molar-refractivity contribution is 5.83. The maximum Gasteiger partial charge on any atom is 0.313 e. The second-order valence-electron chi connectivity index (χ2n) is 1.82. The van der Waals surface area contributed by atoms with E-state index in [1.807, 2.05) is 0 Å². The molecule has 2 unspecified atom stereocenters. The minimum Gasteiger partial charge on any atom is -0.461 e. The van der Waals surface area contributed by atoms with E-state index in [1.54, 1.807) is 0 Å². The topological polar surface area (TPSA) is 26.3 Å². The minimum absolute atomic E-state index is 0.0139. The summed E-state index contributed by atoms with van der Waals surface area (Å²) < 4.78 is 4.57. The van der Waals surface area contributed by atoms with Gasteiger partial charge in [-0.25, -0.2) is 0 Å². The summed E-state index contributed by atoms with van der Waals surface area (Å²) >= 11 is 0. The summed E-state index contributed by atoms with van der Waals surface area (Å²) in [6.07, 6.45) is 1.36. The van der Waals surface area contributed by atoms with E-state index in [2.05, 4.69) is 4.74 Å². The molecule has 0 bridgehead atoms. The number of hydrogen-bond acceptors (Lipinski definition) is 2. The van der Waals surface area contributed by atoms with Gasteiger partial charge in [0.05, 0.1) is 5.92 Å². The Labute approximate surface area is 35.1 Å². The summed E-state index contributed by atoms with van der Waals surface area (Å²) in [7, 11) is 0. The van der Waals surface area contributed by atoms with Crippen LogP contribution < -0.4 is 0 Å². The zero-order valence-corrected chi connectivity index (χ0v) is 3.18. The van der Waals surface area contributed by atoms with Gasteiger partial charge in [-0.15, -0.1) is 0 Å². The van der Waals surface area contributed by atoms with Crippen LogP contribution in [0.2, 0.25) is 0 Å². The van der Waals surface area contributed by atoms with Gasteiger partial charge in [0.25, 0.3) is 0 Å². The summed E-state index contributed by atoms with van der Waals surface area (Å²) in [4.78, 5) is 10.0. The average Bonchev–Trinajstić information content (AvgIpc) is 2.12. The van der Waals surface area contributed by atoms with Gasteiger partial charge in [0, 0.05) is 6.42 Å². The summed E-state index contributed by atoms with van der Waals surface area (Å²) in [6, 6.07) is 0. The molecule has 6 heavy (non-hydrogen) atoms. The van der Waals surface area contributed by atoms with Crippen molar-refractivity contribution in [3.05, 3.63) is 0 Å². The van der Waals surface area contributed by atoms with Crippen LogP contribution in [0.15, 0.2) is 0 Å². The summed E-state index contributed by atoms with van der Waals surface area (Å²) in [5.41, 5.74) is 0. The van der Waals surface area contributed by atoms with E-state index >= 15 is 0 Å². The summed E-state index contributed by atoms with van der Waals surface area (Å²) in [5.74, 6) is 0.352. The first kappa shape index (κ1) is 2.61. The van der Waals surface area contributed by atoms with Gasteiger partial charge in [-0.1, -0.05) is 0 Å². The number of carbonyl (C=O) groups excluding carboxylic acids is 1. The normalized spacial score (nSPS) is 49.0. The molecule has 0 amide bonds. The third kappa shape index (κ3) is 0.117. The molecule has 2 rings (SSSR count). The molecule has 2 nitrogen and oxygen atoms in total. The molecular formula is C4H4O2. The molecule has 0 aromatic carbocycles. The molecule has 0 spiro atoms. The number of fused-ring (bicyclic) bond motifs is 1. The molecule has 0 radical (unpaired) electrons. The highest BCUT2D eigenvalue weighted by Crippen LogP contribution is 2.44. The lowest BCUT2D eigenvalue weighted by Gasteiger charge is -2.08. The fourth-order valence-corrected chi connectivity index (χ4v) is 0.714. The van der Waals surface area contributed by atoms with E-state index in [9.17, 15) is 4.79 Å². The van der Waals surface area contributed by atoms with Crippen LogP contribution in [0, 0.1) is 5.92 Å². The fraction of sp³-hybridized carbons (Fsp3) is 0.750. The standard InChI is InChI=1S/C4H4O2/c5-4-2-1-3(2)6-4/h2-3H,1H2. The Morgan fingerprint density at radius 2 is 2.67 bits per heavy atom. The molecule has 0 aromatic rings. The molecule has 2 atom stereocenters. The first-order chi connectivity index (χ1) is 2.88. The third-order valence-electron chi connectivity index (χ3n) is 1.30. The van der Waals surface area contributed by atoms with Crippen LogP contribution in [-0.2, 0) is 9.53 Å². The van der Waals surface area contributed by atoms with Crippen molar-refractivity contribution in [2.24, 2.45) is 5.92 Å². The van der Waals surface area contributed by atoms with E-state index in [4.69, 9.17) is 0 Å². The second kappa shape index (κ2) is 0.491.